The summed E-state index contributed by atoms with van der Waals surface area (Å²) in [6, 6.07) is 5.70. The second-order valence-corrected chi connectivity index (χ2v) is 4.43. The van der Waals surface area contributed by atoms with Crippen molar-refractivity contribution in [3.8, 4) is 11.1 Å². The zero-order chi connectivity index (χ0) is 13.3. The lowest BCUT2D eigenvalue weighted by molar-refractivity contribution is 0.112. The average Bonchev–Trinajstić information content (AvgIpc) is 2.35. The fourth-order valence-corrected chi connectivity index (χ4v) is 1.90. The largest absolute Gasteiger partial charge is 0.298 e. The van der Waals surface area contributed by atoms with E-state index in [1.807, 2.05) is 0 Å². The fourth-order valence-electron chi connectivity index (χ4n) is 1.57. The molecular formula is C13H6BrF3O. The Kier molecular flexibility index (Phi) is 3.52. The Hall–Kier alpha value is -1.62. The van der Waals surface area contributed by atoms with Gasteiger partial charge in [0.05, 0.1) is 15.6 Å². The maximum Gasteiger partial charge on any atom is 0.152 e. The van der Waals surface area contributed by atoms with Crippen molar-refractivity contribution in [2.24, 2.45) is 0 Å². The van der Waals surface area contributed by atoms with Crippen molar-refractivity contribution in [3.05, 3.63) is 57.8 Å². The van der Waals surface area contributed by atoms with Crippen LogP contribution in [0, 0.1) is 17.5 Å². The van der Waals surface area contributed by atoms with Gasteiger partial charge in [0.2, 0.25) is 0 Å². The molecule has 0 saturated carbocycles. The molecule has 0 heterocycles. The first-order valence-corrected chi connectivity index (χ1v) is 5.72. The molecule has 1 nitrogen and oxygen atoms in total. The number of hydrogen-bond donors (Lipinski definition) is 0. The van der Waals surface area contributed by atoms with Crippen LogP contribution in [0.25, 0.3) is 11.1 Å². The minimum absolute atomic E-state index is 0.0365. The van der Waals surface area contributed by atoms with Crippen LogP contribution in [0.4, 0.5) is 13.2 Å². The number of carbonyl (C=O) groups is 1. The molecule has 0 fully saturated rings. The number of rotatable bonds is 2. The van der Waals surface area contributed by atoms with Crippen molar-refractivity contribution in [1.82, 2.24) is 0 Å². The number of benzene rings is 2. The molecule has 92 valence electrons. The maximum atomic E-state index is 13.8. The van der Waals surface area contributed by atoms with Gasteiger partial charge < -0.3 is 0 Å². The Bertz CT molecular complexity index is 626. The highest BCUT2D eigenvalue weighted by atomic mass is 79.9. The summed E-state index contributed by atoms with van der Waals surface area (Å²) in [5.74, 6) is -2.43. The molecule has 2 aromatic carbocycles. The zero-order valence-electron chi connectivity index (χ0n) is 8.88. The Balaban J connectivity index is 2.66. The first kappa shape index (κ1) is 12.8. The van der Waals surface area contributed by atoms with Crippen molar-refractivity contribution >= 4 is 22.2 Å². The van der Waals surface area contributed by atoms with E-state index < -0.39 is 17.5 Å². The lowest BCUT2D eigenvalue weighted by atomic mass is 10.0. The van der Waals surface area contributed by atoms with Gasteiger partial charge in [0.15, 0.2) is 6.29 Å². The van der Waals surface area contributed by atoms with Crippen LogP contribution >= 0.6 is 15.9 Å². The minimum atomic E-state index is -0.818. The van der Waals surface area contributed by atoms with Gasteiger partial charge in [-0.15, -0.1) is 0 Å². The Labute approximate surface area is 109 Å². The fraction of sp³-hybridized carbons (Fsp3) is 0. The van der Waals surface area contributed by atoms with E-state index in [1.165, 1.54) is 18.2 Å². The number of hydrogen-bond acceptors (Lipinski definition) is 1. The number of halogens is 4. The van der Waals surface area contributed by atoms with Gasteiger partial charge in [-0.05, 0) is 45.8 Å². The van der Waals surface area contributed by atoms with Gasteiger partial charge >= 0.3 is 0 Å². The molecule has 0 N–H and O–H groups in total. The third kappa shape index (κ3) is 2.18. The minimum Gasteiger partial charge on any atom is -0.298 e. The first-order valence-electron chi connectivity index (χ1n) is 4.93. The van der Waals surface area contributed by atoms with E-state index in [4.69, 9.17) is 0 Å². The molecule has 5 heteroatoms. The summed E-state index contributed by atoms with van der Waals surface area (Å²) in [6.45, 7) is 0. The lowest BCUT2D eigenvalue weighted by Crippen LogP contribution is -1.94. The lowest BCUT2D eigenvalue weighted by Gasteiger charge is -2.07. The Morgan fingerprint density at radius 1 is 1.00 bits per heavy atom. The summed E-state index contributed by atoms with van der Waals surface area (Å²) < 4.78 is 40.9. The molecule has 0 radical (unpaired) electrons. The molecule has 0 aliphatic rings. The van der Waals surface area contributed by atoms with Gasteiger partial charge in [-0.2, -0.15) is 0 Å². The third-order valence-corrected chi connectivity index (χ3v) is 3.07. The van der Waals surface area contributed by atoms with Gasteiger partial charge in [-0.3, -0.25) is 4.79 Å². The predicted octanol–water partition coefficient (Wildman–Crippen LogP) is 4.35. The van der Waals surface area contributed by atoms with Gasteiger partial charge in [-0.1, -0.05) is 6.07 Å². The predicted molar refractivity (Wildman–Crippen MR) is 64.8 cm³/mol. The van der Waals surface area contributed by atoms with E-state index in [-0.39, 0.29) is 21.2 Å². The molecule has 2 rings (SSSR count). The van der Waals surface area contributed by atoms with Gasteiger partial charge in [0.1, 0.15) is 17.5 Å². The van der Waals surface area contributed by atoms with E-state index in [2.05, 4.69) is 15.9 Å². The summed E-state index contributed by atoms with van der Waals surface area (Å²) in [4.78, 5) is 10.5. The van der Waals surface area contributed by atoms with Crippen molar-refractivity contribution in [2.75, 3.05) is 0 Å². The van der Waals surface area contributed by atoms with E-state index >= 15 is 0 Å². The van der Waals surface area contributed by atoms with E-state index in [1.54, 1.807) is 0 Å². The molecule has 0 aliphatic heterocycles. The molecule has 2 aromatic rings. The second kappa shape index (κ2) is 4.94. The highest BCUT2D eigenvalue weighted by Gasteiger charge is 2.15. The molecule has 0 bridgehead atoms. The Morgan fingerprint density at radius 3 is 2.33 bits per heavy atom. The molecule has 0 unspecified atom stereocenters. The SMILES string of the molecule is O=Cc1ccc(-c2c(F)ccc(Br)c2F)cc1F. The first-order chi connectivity index (χ1) is 8.54. The zero-order valence-corrected chi connectivity index (χ0v) is 10.5. The number of carbonyl (C=O) groups excluding carboxylic acids is 1. The van der Waals surface area contributed by atoms with Crippen molar-refractivity contribution in [3.63, 3.8) is 0 Å². The van der Waals surface area contributed by atoms with Crippen LogP contribution in [-0.4, -0.2) is 6.29 Å². The molecule has 0 spiro atoms. The van der Waals surface area contributed by atoms with E-state index in [0.29, 0.717) is 6.29 Å². The smallest absolute Gasteiger partial charge is 0.152 e. The molecular weight excluding hydrogens is 309 g/mol. The van der Waals surface area contributed by atoms with Crippen molar-refractivity contribution < 1.29 is 18.0 Å². The second-order valence-electron chi connectivity index (χ2n) is 3.57. The highest BCUT2D eigenvalue weighted by molar-refractivity contribution is 9.10. The summed E-state index contributed by atoms with van der Waals surface area (Å²) in [5, 5.41) is 0. The Morgan fingerprint density at radius 2 is 1.72 bits per heavy atom. The molecule has 0 saturated heterocycles. The van der Waals surface area contributed by atoms with E-state index in [9.17, 15) is 18.0 Å². The van der Waals surface area contributed by atoms with Crippen LogP contribution < -0.4 is 0 Å². The third-order valence-electron chi connectivity index (χ3n) is 2.46. The van der Waals surface area contributed by atoms with Crippen LogP contribution in [0.15, 0.2) is 34.8 Å². The van der Waals surface area contributed by atoms with Crippen LogP contribution in [0.3, 0.4) is 0 Å². The van der Waals surface area contributed by atoms with Crippen LogP contribution in [-0.2, 0) is 0 Å². The van der Waals surface area contributed by atoms with E-state index in [0.717, 1.165) is 12.1 Å². The summed E-state index contributed by atoms with van der Waals surface area (Å²) in [7, 11) is 0. The normalized spacial score (nSPS) is 10.4. The van der Waals surface area contributed by atoms with Crippen LogP contribution in [0.2, 0.25) is 0 Å². The molecule has 0 aliphatic carbocycles. The molecule has 0 atom stereocenters. The van der Waals surface area contributed by atoms with Gasteiger partial charge in [0.25, 0.3) is 0 Å². The van der Waals surface area contributed by atoms with Crippen molar-refractivity contribution in [1.29, 1.82) is 0 Å². The van der Waals surface area contributed by atoms with Crippen molar-refractivity contribution in [2.45, 2.75) is 0 Å². The summed E-state index contributed by atoms with van der Waals surface area (Å²) >= 11 is 2.93. The standard InChI is InChI=1S/C13H6BrF3O/c14-9-3-4-10(15)12(13(9)17)7-1-2-8(6-18)11(16)5-7/h1-6H. The van der Waals surface area contributed by atoms with Crippen LogP contribution in [0.1, 0.15) is 10.4 Å². The molecule has 0 aromatic heterocycles. The highest BCUT2D eigenvalue weighted by Crippen LogP contribution is 2.31. The van der Waals surface area contributed by atoms with Gasteiger partial charge in [-0.25, -0.2) is 13.2 Å². The molecule has 18 heavy (non-hydrogen) atoms. The topological polar surface area (TPSA) is 17.1 Å². The summed E-state index contributed by atoms with van der Waals surface area (Å²) in [6.07, 6.45) is 0.340. The maximum absolute atomic E-state index is 13.8. The van der Waals surface area contributed by atoms with Crippen LogP contribution in [0.5, 0.6) is 0 Å². The summed E-state index contributed by atoms with van der Waals surface area (Å²) in [5.41, 5.74) is -0.454. The average molecular weight is 315 g/mol. The van der Waals surface area contributed by atoms with Gasteiger partial charge in [0, 0.05) is 0 Å². The number of aldehydes is 1. The monoisotopic (exact) mass is 314 g/mol. The quantitative estimate of drug-likeness (QED) is 0.595. The molecule has 0 amide bonds.